The van der Waals surface area contributed by atoms with E-state index in [-0.39, 0.29) is 30.6 Å². The van der Waals surface area contributed by atoms with Crippen molar-refractivity contribution in [2.45, 2.75) is 6.92 Å². The number of hydrogen-bond acceptors (Lipinski definition) is 2. The molecule has 15 heavy (non-hydrogen) atoms. The maximum absolute atomic E-state index is 7.27. The fourth-order valence-corrected chi connectivity index (χ4v) is 1.32. The predicted octanol–water partition coefficient (Wildman–Crippen LogP) is 2.19. The van der Waals surface area contributed by atoms with Crippen LogP contribution in [0.1, 0.15) is 11.1 Å². The van der Waals surface area contributed by atoms with Gasteiger partial charge in [-0.3, -0.25) is 5.41 Å². The first kappa shape index (κ1) is 16.5. The zero-order chi connectivity index (χ0) is 10.0. The van der Waals surface area contributed by atoms with E-state index in [0.717, 1.165) is 16.8 Å². The molecule has 0 radical (unpaired) electrons. The van der Waals surface area contributed by atoms with E-state index < -0.39 is 0 Å². The average molecular weight is 250 g/mol. The summed E-state index contributed by atoms with van der Waals surface area (Å²) in [5, 5.41) is 7.27. The van der Waals surface area contributed by atoms with Crippen molar-refractivity contribution in [1.29, 1.82) is 5.41 Å². The summed E-state index contributed by atoms with van der Waals surface area (Å²) in [6, 6.07) is 5.77. The highest BCUT2D eigenvalue weighted by Crippen LogP contribution is 2.18. The van der Waals surface area contributed by atoms with E-state index in [1.807, 2.05) is 44.1 Å². The van der Waals surface area contributed by atoms with Gasteiger partial charge in [0, 0.05) is 25.3 Å². The molecule has 5 heteroatoms. The molecule has 1 aromatic rings. The Bertz CT molecular complexity index is 337. The number of nitrogens with two attached hydrogens (primary N) is 1. The number of nitrogens with zero attached hydrogens (tertiary/aromatic N) is 1. The van der Waals surface area contributed by atoms with Crippen LogP contribution in [-0.4, -0.2) is 19.9 Å². The molecule has 3 nitrogen and oxygen atoms in total. The highest BCUT2D eigenvalue weighted by atomic mass is 35.5. The van der Waals surface area contributed by atoms with E-state index in [9.17, 15) is 0 Å². The van der Waals surface area contributed by atoms with E-state index in [1.165, 1.54) is 0 Å². The highest BCUT2D eigenvalue weighted by molar-refractivity contribution is 5.95. The van der Waals surface area contributed by atoms with E-state index in [1.54, 1.807) is 0 Å². The SMILES string of the molecule is Cc1cc(C(=N)N)ccc1N(C)C.Cl.Cl. The summed E-state index contributed by atoms with van der Waals surface area (Å²) >= 11 is 0. The lowest BCUT2D eigenvalue weighted by Gasteiger charge is -2.15. The van der Waals surface area contributed by atoms with Gasteiger partial charge < -0.3 is 10.6 Å². The molecule has 0 unspecified atom stereocenters. The Labute approximate surface area is 103 Å². The van der Waals surface area contributed by atoms with E-state index in [0.29, 0.717) is 0 Å². The van der Waals surface area contributed by atoms with Crippen molar-refractivity contribution in [1.82, 2.24) is 0 Å². The molecule has 0 aromatic heterocycles. The molecule has 0 aliphatic heterocycles. The van der Waals surface area contributed by atoms with Gasteiger partial charge in [0.1, 0.15) is 5.84 Å². The highest BCUT2D eigenvalue weighted by Gasteiger charge is 2.02. The summed E-state index contributed by atoms with van der Waals surface area (Å²) < 4.78 is 0. The number of rotatable bonds is 2. The first-order valence-electron chi connectivity index (χ1n) is 4.14. The Morgan fingerprint density at radius 3 is 2.13 bits per heavy atom. The van der Waals surface area contributed by atoms with Crippen LogP contribution in [0.2, 0.25) is 0 Å². The third-order valence-corrected chi connectivity index (χ3v) is 1.99. The van der Waals surface area contributed by atoms with Gasteiger partial charge in [0.25, 0.3) is 0 Å². The minimum Gasteiger partial charge on any atom is -0.384 e. The number of nitrogens with one attached hydrogen (secondary N) is 1. The van der Waals surface area contributed by atoms with Crippen molar-refractivity contribution in [3.8, 4) is 0 Å². The standard InChI is InChI=1S/C10H15N3.2ClH/c1-7-6-8(10(11)12)4-5-9(7)13(2)3;;/h4-6H,1-3H3,(H3,11,12);2*1H. The number of aryl methyl sites for hydroxylation is 1. The summed E-state index contributed by atoms with van der Waals surface area (Å²) in [6.07, 6.45) is 0. The van der Waals surface area contributed by atoms with Crippen LogP contribution in [0.15, 0.2) is 18.2 Å². The maximum Gasteiger partial charge on any atom is 0.122 e. The molecule has 0 heterocycles. The third-order valence-electron chi connectivity index (χ3n) is 1.99. The lowest BCUT2D eigenvalue weighted by Crippen LogP contribution is -2.14. The zero-order valence-electron chi connectivity index (χ0n) is 9.07. The Kier molecular flexibility index (Phi) is 7.19. The van der Waals surface area contributed by atoms with Gasteiger partial charge in [0.15, 0.2) is 0 Å². The van der Waals surface area contributed by atoms with Gasteiger partial charge in [-0.05, 0) is 30.7 Å². The molecule has 0 amide bonds. The van der Waals surface area contributed by atoms with Crippen LogP contribution in [0.5, 0.6) is 0 Å². The Balaban J connectivity index is 0. The number of benzene rings is 1. The minimum absolute atomic E-state index is 0. The Hall–Kier alpha value is -0.930. The summed E-state index contributed by atoms with van der Waals surface area (Å²) in [7, 11) is 3.99. The second-order valence-corrected chi connectivity index (χ2v) is 3.31. The van der Waals surface area contributed by atoms with Crippen molar-refractivity contribution in [2.24, 2.45) is 5.73 Å². The molecular weight excluding hydrogens is 233 g/mol. The first-order chi connectivity index (χ1) is 6.02. The number of anilines is 1. The fraction of sp³-hybridized carbons (Fsp3) is 0.300. The molecule has 0 aliphatic rings. The van der Waals surface area contributed by atoms with Gasteiger partial charge in [0.05, 0.1) is 0 Å². The molecule has 0 fully saturated rings. The molecule has 0 saturated heterocycles. The second kappa shape index (κ2) is 6.53. The van der Waals surface area contributed by atoms with Crippen LogP contribution in [0.25, 0.3) is 0 Å². The number of amidine groups is 1. The molecule has 0 spiro atoms. The van der Waals surface area contributed by atoms with Gasteiger partial charge in [-0.1, -0.05) is 0 Å². The van der Waals surface area contributed by atoms with Crippen molar-refractivity contribution in [2.75, 3.05) is 19.0 Å². The average Bonchev–Trinajstić information content (AvgIpc) is 2.03. The zero-order valence-corrected chi connectivity index (χ0v) is 10.7. The van der Waals surface area contributed by atoms with Crippen LogP contribution in [-0.2, 0) is 0 Å². The monoisotopic (exact) mass is 249 g/mol. The molecule has 0 bridgehead atoms. The summed E-state index contributed by atoms with van der Waals surface area (Å²) in [5.41, 5.74) is 8.45. The van der Waals surface area contributed by atoms with Crippen molar-refractivity contribution in [3.05, 3.63) is 29.3 Å². The summed E-state index contributed by atoms with van der Waals surface area (Å²) in [6.45, 7) is 2.02. The first-order valence-corrected chi connectivity index (χ1v) is 4.14. The number of hydrogen-bond donors (Lipinski definition) is 2. The predicted molar refractivity (Wildman–Crippen MR) is 71.0 cm³/mol. The van der Waals surface area contributed by atoms with Crippen LogP contribution in [0.4, 0.5) is 5.69 Å². The van der Waals surface area contributed by atoms with E-state index in [2.05, 4.69) is 0 Å². The van der Waals surface area contributed by atoms with Gasteiger partial charge in [0.2, 0.25) is 0 Å². The van der Waals surface area contributed by atoms with Gasteiger partial charge >= 0.3 is 0 Å². The fourth-order valence-electron chi connectivity index (χ4n) is 1.32. The van der Waals surface area contributed by atoms with Crippen LogP contribution < -0.4 is 10.6 Å². The van der Waals surface area contributed by atoms with Crippen LogP contribution >= 0.6 is 24.8 Å². The topological polar surface area (TPSA) is 53.1 Å². The molecule has 1 aromatic carbocycles. The number of halogens is 2. The lowest BCUT2D eigenvalue weighted by molar-refractivity contribution is 1.11. The largest absolute Gasteiger partial charge is 0.384 e. The second-order valence-electron chi connectivity index (χ2n) is 3.31. The number of nitrogen functional groups attached to an aromatic ring is 1. The van der Waals surface area contributed by atoms with Gasteiger partial charge in [-0.15, -0.1) is 24.8 Å². The Morgan fingerprint density at radius 1 is 1.27 bits per heavy atom. The van der Waals surface area contributed by atoms with Gasteiger partial charge in [-0.25, -0.2) is 0 Å². The summed E-state index contributed by atoms with van der Waals surface area (Å²) in [5.74, 6) is 0.119. The van der Waals surface area contributed by atoms with Crippen molar-refractivity contribution < 1.29 is 0 Å². The molecule has 0 saturated carbocycles. The van der Waals surface area contributed by atoms with Crippen molar-refractivity contribution in [3.63, 3.8) is 0 Å². The van der Waals surface area contributed by atoms with Gasteiger partial charge in [-0.2, -0.15) is 0 Å². The molecule has 1 rings (SSSR count). The molecule has 0 atom stereocenters. The quantitative estimate of drug-likeness (QED) is 0.624. The molecule has 0 aliphatic carbocycles. The normalized spacial score (nSPS) is 8.47. The lowest BCUT2D eigenvalue weighted by atomic mass is 10.1. The summed E-state index contributed by atoms with van der Waals surface area (Å²) in [4.78, 5) is 2.04. The van der Waals surface area contributed by atoms with E-state index >= 15 is 0 Å². The molecule has 3 N–H and O–H groups in total. The smallest absolute Gasteiger partial charge is 0.122 e. The van der Waals surface area contributed by atoms with Crippen LogP contribution in [0, 0.1) is 12.3 Å². The molecule has 86 valence electrons. The third kappa shape index (κ3) is 3.98. The maximum atomic E-state index is 7.27. The van der Waals surface area contributed by atoms with Crippen molar-refractivity contribution >= 4 is 36.3 Å². The van der Waals surface area contributed by atoms with E-state index in [4.69, 9.17) is 11.1 Å². The Morgan fingerprint density at radius 2 is 1.80 bits per heavy atom. The minimum atomic E-state index is 0. The molecular formula is C10H17Cl2N3. The van der Waals surface area contributed by atoms with Crippen LogP contribution in [0.3, 0.4) is 0 Å².